The smallest absolute Gasteiger partial charge is 0.405 e. The second-order valence-electron chi connectivity index (χ2n) is 7.80. The molecule has 0 saturated carbocycles. The molecule has 1 aliphatic rings. The lowest BCUT2D eigenvalue weighted by Crippen LogP contribution is -2.38. The summed E-state index contributed by atoms with van der Waals surface area (Å²) in [5.41, 5.74) is 1.05. The van der Waals surface area contributed by atoms with Gasteiger partial charge < -0.3 is 15.4 Å². The molecule has 4 aromatic rings. The Bertz CT molecular complexity index is 1390. The minimum Gasteiger partial charge on any atom is -0.405 e. The Morgan fingerprint density at radius 1 is 1.15 bits per heavy atom. The third-order valence-electron chi connectivity index (χ3n) is 5.43. The first kappa shape index (κ1) is 22.4. The maximum atomic E-state index is 13.0. The van der Waals surface area contributed by atoms with Gasteiger partial charge >= 0.3 is 6.36 Å². The number of hydrogen-bond donors (Lipinski definition) is 2. The van der Waals surface area contributed by atoms with Crippen molar-refractivity contribution in [2.24, 2.45) is 0 Å². The zero-order valence-electron chi connectivity index (χ0n) is 17.6. The number of para-hydroxylation sites is 1. The summed E-state index contributed by atoms with van der Waals surface area (Å²) in [7, 11) is 0. The van der Waals surface area contributed by atoms with Crippen LogP contribution in [0.25, 0.3) is 27.9 Å². The molecule has 12 heteroatoms. The Morgan fingerprint density at radius 3 is 2.79 bits per heavy atom. The van der Waals surface area contributed by atoms with E-state index >= 15 is 0 Å². The fraction of sp³-hybridized carbons (Fsp3) is 0.273. The fourth-order valence-corrected chi connectivity index (χ4v) is 4.23. The molecule has 0 unspecified atom stereocenters. The van der Waals surface area contributed by atoms with E-state index in [-0.39, 0.29) is 23.2 Å². The van der Waals surface area contributed by atoms with Gasteiger partial charge in [-0.25, -0.2) is 9.97 Å². The molecule has 1 atom stereocenters. The highest BCUT2D eigenvalue weighted by molar-refractivity contribution is 9.10. The summed E-state index contributed by atoms with van der Waals surface area (Å²) in [6.07, 6.45) is -2.54. The first-order valence-corrected chi connectivity index (χ1v) is 11.3. The van der Waals surface area contributed by atoms with E-state index in [1.54, 1.807) is 18.2 Å². The van der Waals surface area contributed by atoms with Gasteiger partial charge in [0.15, 0.2) is 11.5 Å². The number of carbonyl (C=O) groups excluding carboxylic acids is 1. The van der Waals surface area contributed by atoms with Gasteiger partial charge in [-0.15, -0.1) is 18.3 Å². The number of amides is 1. The van der Waals surface area contributed by atoms with Gasteiger partial charge in [-0.2, -0.15) is 4.52 Å². The standard InChI is InChI=1S/C22H18BrF3N6O2/c23-12-8-9-14(17(11-12)34-22(24,25)26)18-30-19-13-5-1-2-6-15(13)28-21(32(19)31-18)29-16-7-3-4-10-27-20(16)33/h1-2,5-6,8-9,11,16H,3-4,7,10H2,(H,27,33)(H,28,29)/t16-/m0/s1. The molecule has 5 rings (SSSR count). The second-order valence-corrected chi connectivity index (χ2v) is 8.71. The molecule has 0 aliphatic carbocycles. The third kappa shape index (κ3) is 4.49. The summed E-state index contributed by atoms with van der Waals surface area (Å²) >= 11 is 3.17. The van der Waals surface area contributed by atoms with Crippen LogP contribution in [-0.2, 0) is 4.79 Å². The van der Waals surface area contributed by atoms with Crippen molar-refractivity contribution in [3.63, 3.8) is 0 Å². The third-order valence-corrected chi connectivity index (χ3v) is 5.92. The molecule has 2 aromatic heterocycles. The first-order valence-electron chi connectivity index (χ1n) is 10.5. The number of alkyl halides is 3. The number of halogens is 4. The van der Waals surface area contributed by atoms with Crippen LogP contribution < -0.4 is 15.4 Å². The lowest BCUT2D eigenvalue weighted by molar-refractivity contribution is -0.274. The van der Waals surface area contributed by atoms with Crippen LogP contribution in [0.4, 0.5) is 19.1 Å². The minimum atomic E-state index is -4.89. The van der Waals surface area contributed by atoms with E-state index in [4.69, 9.17) is 0 Å². The van der Waals surface area contributed by atoms with Crippen LogP contribution in [0.1, 0.15) is 19.3 Å². The Kier molecular flexibility index (Phi) is 5.76. The Hall–Kier alpha value is -3.41. The van der Waals surface area contributed by atoms with Crippen LogP contribution in [-0.4, -0.2) is 44.4 Å². The summed E-state index contributed by atoms with van der Waals surface area (Å²) in [5.74, 6) is -0.286. The molecule has 1 fully saturated rings. The van der Waals surface area contributed by atoms with E-state index in [2.05, 4.69) is 46.4 Å². The predicted octanol–water partition coefficient (Wildman–Crippen LogP) is 4.69. The van der Waals surface area contributed by atoms with Crippen LogP contribution in [0, 0.1) is 0 Å². The van der Waals surface area contributed by atoms with Crippen molar-refractivity contribution in [2.75, 3.05) is 11.9 Å². The normalized spacial score (nSPS) is 16.9. The number of nitrogens with one attached hydrogen (secondary N) is 2. The van der Waals surface area contributed by atoms with Crippen molar-refractivity contribution in [1.29, 1.82) is 0 Å². The number of benzene rings is 2. The molecule has 0 spiro atoms. The number of ether oxygens (including phenoxy) is 1. The number of hydrogen-bond acceptors (Lipinski definition) is 6. The van der Waals surface area contributed by atoms with Gasteiger partial charge in [-0.05, 0) is 49.6 Å². The first-order chi connectivity index (χ1) is 16.3. The number of nitrogens with zero attached hydrogens (tertiary/aromatic N) is 4. The van der Waals surface area contributed by atoms with Crippen LogP contribution in [0.15, 0.2) is 46.9 Å². The van der Waals surface area contributed by atoms with E-state index < -0.39 is 18.2 Å². The van der Waals surface area contributed by atoms with Crippen LogP contribution in [0.2, 0.25) is 0 Å². The van der Waals surface area contributed by atoms with Gasteiger partial charge in [-0.1, -0.05) is 28.1 Å². The molecule has 2 aromatic carbocycles. The van der Waals surface area contributed by atoms with Gasteiger partial charge in [0.2, 0.25) is 11.9 Å². The predicted molar refractivity (Wildman–Crippen MR) is 122 cm³/mol. The maximum absolute atomic E-state index is 13.0. The van der Waals surface area contributed by atoms with Crippen molar-refractivity contribution < 1.29 is 22.7 Å². The average molecular weight is 535 g/mol. The fourth-order valence-electron chi connectivity index (χ4n) is 3.89. The number of rotatable bonds is 4. The van der Waals surface area contributed by atoms with Gasteiger partial charge in [0.05, 0.1) is 11.1 Å². The second kappa shape index (κ2) is 8.75. The highest BCUT2D eigenvalue weighted by atomic mass is 79.9. The highest BCUT2D eigenvalue weighted by Crippen LogP contribution is 2.35. The van der Waals surface area contributed by atoms with Crippen molar-refractivity contribution in [3.05, 3.63) is 46.9 Å². The Morgan fingerprint density at radius 2 is 1.97 bits per heavy atom. The number of fused-ring (bicyclic) bond motifs is 3. The van der Waals surface area contributed by atoms with E-state index in [0.29, 0.717) is 34.0 Å². The molecule has 0 radical (unpaired) electrons. The summed E-state index contributed by atoms with van der Waals surface area (Å²) in [6, 6.07) is 10.9. The van der Waals surface area contributed by atoms with Crippen LogP contribution >= 0.6 is 15.9 Å². The quantitative estimate of drug-likeness (QED) is 0.394. The maximum Gasteiger partial charge on any atom is 0.573 e. The van der Waals surface area contributed by atoms with Crippen LogP contribution in [0.5, 0.6) is 5.75 Å². The molecule has 0 bridgehead atoms. The summed E-state index contributed by atoms with van der Waals surface area (Å²) < 4.78 is 45.2. The lowest BCUT2D eigenvalue weighted by Gasteiger charge is -2.16. The molecule has 1 saturated heterocycles. The topological polar surface area (TPSA) is 93.4 Å². The zero-order chi connectivity index (χ0) is 23.9. The molecule has 3 heterocycles. The molecule has 1 aliphatic heterocycles. The average Bonchev–Trinajstić information content (AvgIpc) is 3.12. The zero-order valence-corrected chi connectivity index (χ0v) is 19.2. The monoisotopic (exact) mass is 534 g/mol. The largest absolute Gasteiger partial charge is 0.573 e. The van der Waals surface area contributed by atoms with Gasteiger partial charge in [0.1, 0.15) is 11.8 Å². The molecular weight excluding hydrogens is 517 g/mol. The SMILES string of the molecule is O=C1NCCCC[C@@H]1Nc1nc2ccccc2c2nc(-c3ccc(Br)cc3OC(F)(F)F)nn12. The number of carbonyl (C=O) groups is 1. The summed E-state index contributed by atoms with van der Waals surface area (Å²) in [4.78, 5) is 21.6. The highest BCUT2D eigenvalue weighted by Gasteiger charge is 2.33. The molecule has 8 nitrogen and oxygen atoms in total. The van der Waals surface area contributed by atoms with E-state index in [9.17, 15) is 18.0 Å². The van der Waals surface area contributed by atoms with Crippen LogP contribution in [0.3, 0.4) is 0 Å². The Labute approximate surface area is 199 Å². The van der Waals surface area contributed by atoms with Gasteiger partial charge in [-0.3, -0.25) is 4.79 Å². The van der Waals surface area contributed by atoms with E-state index in [1.165, 1.54) is 16.6 Å². The van der Waals surface area contributed by atoms with Crippen molar-refractivity contribution in [1.82, 2.24) is 24.9 Å². The Balaban J connectivity index is 1.66. The molecule has 1 amide bonds. The summed E-state index contributed by atoms with van der Waals surface area (Å²) in [5, 5.41) is 11.1. The van der Waals surface area contributed by atoms with Crippen molar-refractivity contribution in [3.8, 4) is 17.1 Å². The lowest BCUT2D eigenvalue weighted by atomic mass is 10.1. The molecule has 34 heavy (non-hydrogen) atoms. The van der Waals surface area contributed by atoms with E-state index in [0.717, 1.165) is 12.8 Å². The number of anilines is 1. The summed E-state index contributed by atoms with van der Waals surface area (Å²) in [6.45, 7) is 0.608. The molecular formula is C22H18BrF3N6O2. The van der Waals surface area contributed by atoms with Crippen molar-refractivity contribution in [2.45, 2.75) is 31.7 Å². The van der Waals surface area contributed by atoms with Gasteiger partial charge in [0.25, 0.3) is 0 Å². The molecule has 2 N–H and O–H groups in total. The van der Waals surface area contributed by atoms with Gasteiger partial charge in [0, 0.05) is 16.4 Å². The van der Waals surface area contributed by atoms with E-state index in [1.807, 2.05) is 12.1 Å². The molecule has 176 valence electrons. The minimum absolute atomic E-state index is 0.0262. The van der Waals surface area contributed by atoms with Crippen molar-refractivity contribution >= 4 is 44.3 Å². The number of aromatic nitrogens is 4.